The molecule has 3 nitrogen and oxygen atoms in total. The quantitative estimate of drug-likeness (QED) is 0.801. The zero-order valence-electron chi connectivity index (χ0n) is 11.8. The molecule has 0 aliphatic carbocycles. The van der Waals surface area contributed by atoms with Crippen molar-refractivity contribution in [3.8, 4) is 0 Å². The smallest absolute Gasteiger partial charge is 0.184 e. The molecule has 2 unspecified atom stereocenters. The minimum atomic E-state index is -0.862. The van der Waals surface area contributed by atoms with Crippen LogP contribution in [0.15, 0.2) is 12.1 Å². The van der Waals surface area contributed by atoms with Gasteiger partial charge in [0.1, 0.15) is 11.3 Å². The van der Waals surface area contributed by atoms with Gasteiger partial charge in [-0.25, -0.2) is 13.8 Å². The van der Waals surface area contributed by atoms with E-state index in [1.54, 1.807) is 4.57 Å². The second-order valence-electron chi connectivity index (χ2n) is 5.37. The lowest BCUT2D eigenvalue weighted by atomic mass is 9.99. The number of halogens is 3. The molecule has 2 aromatic rings. The van der Waals surface area contributed by atoms with Crippen molar-refractivity contribution >= 4 is 22.6 Å². The molecule has 3 rings (SSSR count). The van der Waals surface area contributed by atoms with Crippen LogP contribution in [0.3, 0.4) is 0 Å². The molecule has 1 saturated heterocycles. The van der Waals surface area contributed by atoms with E-state index in [0.29, 0.717) is 24.5 Å². The highest BCUT2D eigenvalue weighted by Gasteiger charge is 2.29. The SMILES string of the molecule is CCC1OCCC1Cn1c(CCl)nc2ccc(F)c(F)c21. The van der Waals surface area contributed by atoms with Gasteiger partial charge in [0.05, 0.1) is 17.5 Å². The monoisotopic (exact) mass is 314 g/mol. The number of imidazole rings is 1. The second-order valence-corrected chi connectivity index (χ2v) is 5.63. The normalized spacial score (nSPS) is 22.3. The van der Waals surface area contributed by atoms with E-state index in [0.717, 1.165) is 18.9 Å². The van der Waals surface area contributed by atoms with Crippen molar-refractivity contribution < 1.29 is 13.5 Å². The third kappa shape index (κ3) is 2.53. The molecule has 1 aliphatic rings. The van der Waals surface area contributed by atoms with Crippen molar-refractivity contribution in [3.05, 3.63) is 29.6 Å². The topological polar surface area (TPSA) is 27.1 Å². The number of hydrogen-bond acceptors (Lipinski definition) is 2. The van der Waals surface area contributed by atoms with E-state index in [9.17, 15) is 8.78 Å². The number of benzene rings is 1. The van der Waals surface area contributed by atoms with Crippen LogP contribution < -0.4 is 0 Å². The van der Waals surface area contributed by atoms with E-state index in [1.165, 1.54) is 6.07 Å². The molecular weight excluding hydrogens is 298 g/mol. The molecule has 0 bridgehead atoms. The minimum Gasteiger partial charge on any atom is -0.378 e. The Morgan fingerprint density at radius 1 is 1.43 bits per heavy atom. The highest BCUT2D eigenvalue weighted by molar-refractivity contribution is 6.16. The summed E-state index contributed by atoms with van der Waals surface area (Å²) >= 11 is 5.92. The maximum atomic E-state index is 14.2. The Morgan fingerprint density at radius 3 is 2.95 bits per heavy atom. The summed E-state index contributed by atoms with van der Waals surface area (Å²) in [5.74, 6) is -0.710. The number of nitrogens with zero attached hydrogens (tertiary/aromatic N) is 2. The number of hydrogen-bond donors (Lipinski definition) is 0. The van der Waals surface area contributed by atoms with Crippen LogP contribution in [0.5, 0.6) is 0 Å². The van der Waals surface area contributed by atoms with Crippen molar-refractivity contribution in [1.29, 1.82) is 0 Å². The maximum absolute atomic E-state index is 14.2. The van der Waals surface area contributed by atoms with Crippen molar-refractivity contribution in [1.82, 2.24) is 9.55 Å². The van der Waals surface area contributed by atoms with Crippen LogP contribution >= 0.6 is 11.6 Å². The zero-order valence-corrected chi connectivity index (χ0v) is 12.5. The van der Waals surface area contributed by atoms with Gasteiger partial charge < -0.3 is 9.30 Å². The van der Waals surface area contributed by atoms with E-state index < -0.39 is 11.6 Å². The van der Waals surface area contributed by atoms with Gasteiger partial charge in [-0.05, 0) is 25.0 Å². The van der Waals surface area contributed by atoms with E-state index in [1.807, 2.05) is 0 Å². The van der Waals surface area contributed by atoms with E-state index in [4.69, 9.17) is 16.3 Å². The summed E-state index contributed by atoms with van der Waals surface area (Å²) in [7, 11) is 0. The number of rotatable bonds is 4. The molecule has 1 aromatic heterocycles. The fourth-order valence-electron chi connectivity index (χ4n) is 3.09. The Kier molecular flexibility index (Phi) is 4.13. The van der Waals surface area contributed by atoms with Crippen LogP contribution in [0.1, 0.15) is 25.6 Å². The van der Waals surface area contributed by atoms with Crippen LogP contribution in [-0.2, 0) is 17.2 Å². The molecule has 1 fully saturated rings. The zero-order chi connectivity index (χ0) is 15.0. The Balaban J connectivity index is 2.05. The summed E-state index contributed by atoms with van der Waals surface area (Å²) < 4.78 is 35.1. The van der Waals surface area contributed by atoms with Gasteiger partial charge in [0, 0.05) is 19.1 Å². The maximum Gasteiger partial charge on any atom is 0.184 e. The Morgan fingerprint density at radius 2 is 2.24 bits per heavy atom. The first kappa shape index (κ1) is 14.7. The number of alkyl halides is 1. The van der Waals surface area contributed by atoms with Crippen LogP contribution in [0.4, 0.5) is 8.78 Å². The lowest BCUT2D eigenvalue weighted by molar-refractivity contribution is 0.0836. The Labute approximate surface area is 126 Å². The highest BCUT2D eigenvalue weighted by atomic mass is 35.5. The summed E-state index contributed by atoms with van der Waals surface area (Å²) in [6, 6.07) is 2.59. The van der Waals surface area contributed by atoms with Gasteiger partial charge in [-0.1, -0.05) is 6.92 Å². The van der Waals surface area contributed by atoms with Gasteiger partial charge in [-0.3, -0.25) is 0 Å². The van der Waals surface area contributed by atoms with E-state index in [-0.39, 0.29) is 23.4 Å². The lowest BCUT2D eigenvalue weighted by Gasteiger charge is -2.19. The average Bonchev–Trinajstić information content (AvgIpc) is 3.08. The molecule has 2 heterocycles. The molecule has 21 heavy (non-hydrogen) atoms. The first-order valence-corrected chi connectivity index (χ1v) is 7.69. The van der Waals surface area contributed by atoms with Gasteiger partial charge in [0.15, 0.2) is 11.6 Å². The van der Waals surface area contributed by atoms with Crippen molar-refractivity contribution in [2.75, 3.05) is 6.61 Å². The molecular formula is C15H17ClF2N2O. The highest BCUT2D eigenvalue weighted by Crippen LogP contribution is 2.29. The predicted octanol–water partition coefficient (Wildman–Crippen LogP) is 3.87. The number of fused-ring (bicyclic) bond motifs is 1. The van der Waals surface area contributed by atoms with Gasteiger partial charge in [0.2, 0.25) is 0 Å². The molecule has 114 valence electrons. The lowest BCUT2D eigenvalue weighted by Crippen LogP contribution is -2.21. The summed E-state index contributed by atoms with van der Waals surface area (Å²) in [6.45, 7) is 3.33. The second kappa shape index (κ2) is 5.89. The Bertz CT molecular complexity index is 659. The fourth-order valence-corrected chi connectivity index (χ4v) is 3.30. The van der Waals surface area contributed by atoms with E-state index in [2.05, 4.69) is 11.9 Å². The molecule has 0 radical (unpaired) electrons. The van der Waals surface area contributed by atoms with Gasteiger partial charge in [-0.2, -0.15) is 0 Å². The van der Waals surface area contributed by atoms with Crippen molar-refractivity contribution in [2.24, 2.45) is 5.92 Å². The third-order valence-electron chi connectivity index (χ3n) is 4.16. The first-order valence-electron chi connectivity index (χ1n) is 7.16. The summed E-state index contributed by atoms with van der Waals surface area (Å²) in [6.07, 6.45) is 1.98. The summed E-state index contributed by atoms with van der Waals surface area (Å²) in [5, 5.41) is 0. The standard InChI is InChI=1S/C15H17ClF2N2O/c1-2-12-9(5-6-21-12)8-20-13(7-16)19-11-4-3-10(17)14(18)15(11)20/h3-4,9,12H,2,5-8H2,1H3. The fraction of sp³-hybridized carbons (Fsp3) is 0.533. The van der Waals surface area contributed by atoms with Crippen LogP contribution in [0.2, 0.25) is 0 Å². The molecule has 2 atom stereocenters. The molecule has 0 saturated carbocycles. The minimum absolute atomic E-state index is 0.155. The predicted molar refractivity (Wildman–Crippen MR) is 77.3 cm³/mol. The molecule has 0 N–H and O–H groups in total. The van der Waals surface area contributed by atoms with Crippen LogP contribution in [-0.4, -0.2) is 22.3 Å². The summed E-state index contributed by atoms with van der Waals surface area (Å²) in [4.78, 5) is 4.31. The molecule has 0 amide bonds. The average molecular weight is 315 g/mol. The molecule has 1 aliphatic heterocycles. The summed E-state index contributed by atoms with van der Waals surface area (Å²) in [5.41, 5.74) is 0.643. The largest absolute Gasteiger partial charge is 0.378 e. The van der Waals surface area contributed by atoms with Gasteiger partial charge >= 0.3 is 0 Å². The van der Waals surface area contributed by atoms with E-state index >= 15 is 0 Å². The van der Waals surface area contributed by atoms with Crippen molar-refractivity contribution in [3.63, 3.8) is 0 Å². The third-order valence-corrected chi connectivity index (χ3v) is 4.40. The number of aromatic nitrogens is 2. The van der Waals surface area contributed by atoms with Crippen molar-refractivity contribution in [2.45, 2.75) is 38.3 Å². The molecule has 1 aromatic carbocycles. The first-order chi connectivity index (χ1) is 10.2. The molecule has 6 heteroatoms. The Hall–Kier alpha value is -1.20. The van der Waals surface area contributed by atoms with Gasteiger partial charge in [-0.15, -0.1) is 11.6 Å². The van der Waals surface area contributed by atoms with Crippen LogP contribution in [0, 0.1) is 17.6 Å². The molecule has 0 spiro atoms. The van der Waals surface area contributed by atoms with Gasteiger partial charge in [0.25, 0.3) is 0 Å². The van der Waals surface area contributed by atoms with Crippen LogP contribution in [0.25, 0.3) is 11.0 Å². The number of ether oxygens (including phenoxy) is 1.